The van der Waals surface area contributed by atoms with Crippen molar-refractivity contribution in [1.29, 1.82) is 0 Å². The molecule has 0 aromatic rings. The van der Waals surface area contributed by atoms with Gasteiger partial charge < -0.3 is 26.0 Å². The zero-order valence-electron chi connectivity index (χ0n) is 17.1. The minimum Gasteiger partial charge on any atom is -0.359 e. The minimum atomic E-state index is -0.756. The van der Waals surface area contributed by atoms with E-state index in [0.717, 1.165) is 11.8 Å². The Labute approximate surface area is 166 Å². The molecule has 1 fully saturated rings. The fourth-order valence-electron chi connectivity index (χ4n) is 1.62. The van der Waals surface area contributed by atoms with Gasteiger partial charge in [-0.3, -0.25) is 19.2 Å². The van der Waals surface area contributed by atoms with Crippen molar-refractivity contribution in [2.75, 3.05) is 13.7 Å². The Hall–Kier alpha value is -2.94. The fraction of sp³-hybridized carbons (Fsp3) is 0.474. The lowest BCUT2D eigenvalue weighted by Gasteiger charge is -2.29. The lowest BCUT2D eigenvalue weighted by Crippen LogP contribution is -2.50. The van der Waals surface area contributed by atoms with Gasteiger partial charge in [0.1, 0.15) is 6.23 Å². The first-order valence-electron chi connectivity index (χ1n) is 8.64. The van der Waals surface area contributed by atoms with Gasteiger partial charge in [-0.2, -0.15) is 0 Å². The van der Waals surface area contributed by atoms with Crippen molar-refractivity contribution in [3.8, 4) is 0 Å². The molecule has 1 aliphatic rings. The molecule has 0 saturated carbocycles. The molecule has 4 N–H and O–H groups in total. The van der Waals surface area contributed by atoms with Gasteiger partial charge in [0.05, 0.1) is 12.6 Å². The van der Waals surface area contributed by atoms with Crippen molar-refractivity contribution in [3.63, 3.8) is 0 Å². The van der Waals surface area contributed by atoms with Gasteiger partial charge in [-0.1, -0.05) is 31.4 Å². The number of amides is 4. The predicted octanol–water partition coefficient (Wildman–Crippen LogP) is 0.504. The number of carbonyl (C=O) groups excluding carboxylic acids is 4. The van der Waals surface area contributed by atoms with Crippen LogP contribution < -0.4 is 21.3 Å². The summed E-state index contributed by atoms with van der Waals surface area (Å²) in [5.74, 6) is -1.63. The van der Waals surface area contributed by atoms with Gasteiger partial charge in [-0.05, 0) is 26.0 Å². The first kappa shape index (κ1) is 27.3. The van der Waals surface area contributed by atoms with Crippen molar-refractivity contribution in [2.24, 2.45) is 0 Å². The largest absolute Gasteiger partial charge is 0.359 e. The number of hydrogen-bond acceptors (Lipinski definition) is 5. The lowest BCUT2D eigenvalue weighted by atomic mass is 10.1. The van der Waals surface area contributed by atoms with E-state index in [1.54, 1.807) is 13.1 Å². The normalized spacial score (nSPS) is 17.0. The summed E-state index contributed by atoms with van der Waals surface area (Å²) in [6.45, 7) is 15.4. The Morgan fingerprint density at radius 3 is 1.82 bits per heavy atom. The Morgan fingerprint density at radius 2 is 1.50 bits per heavy atom. The highest BCUT2D eigenvalue weighted by atomic mass is 16.5. The molecule has 9 nitrogen and oxygen atoms in total. The molecule has 2 unspecified atom stereocenters. The fourth-order valence-corrected chi connectivity index (χ4v) is 1.62. The van der Waals surface area contributed by atoms with Gasteiger partial charge in [0, 0.05) is 20.9 Å². The first-order chi connectivity index (χ1) is 13.1. The van der Waals surface area contributed by atoms with Crippen molar-refractivity contribution < 1.29 is 23.9 Å². The van der Waals surface area contributed by atoms with Gasteiger partial charge in [0.25, 0.3) is 0 Å². The number of carbonyl (C=O) groups is 4. The topological polar surface area (TPSA) is 126 Å². The molecule has 1 heterocycles. The van der Waals surface area contributed by atoms with Gasteiger partial charge in [0.2, 0.25) is 11.8 Å². The number of hydrogen-bond donors (Lipinski definition) is 4. The zero-order chi connectivity index (χ0) is 22.1. The molecule has 0 aromatic heterocycles. The van der Waals surface area contributed by atoms with Crippen LogP contribution in [0.3, 0.4) is 0 Å². The van der Waals surface area contributed by atoms with Crippen LogP contribution >= 0.6 is 0 Å². The highest BCUT2D eigenvalue weighted by molar-refractivity contribution is 6.35. The standard InChI is InChI=1S/C11H17N3O4.C5H8.C3H7NO/c1-3-12-10(16)11(17)14-8-4-5-9(18-6-8)13-7(2)15;1-4-5(2)3;1-3(5)4-2/h3,8-9H,1,4-6H2,2H3,(H,12,16)(H,13,15)(H,14,17);4H,1-2H2,3H3;1-2H3,(H,4,5). The molecular formula is C19H32N4O5. The quantitative estimate of drug-likeness (QED) is 0.407. The average molecular weight is 396 g/mol. The predicted molar refractivity (Wildman–Crippen MR) is 108 cm³/mol. The Bertz CT molecular complexity index is 567. The second kappa shape index (κ2) is 16.2. The van der Waals surface area contributed by atoms with E-state index in [1.807, 2.05) is 6.92 Å². The van der Waals surface area contributed by atoms with Crippen molar-refractivity contribution >= 4 is 23.6 Å². The van der Waals surface area contributed by atoms with Crippen LogP contribution in [0, 0.1) is 0 Å². The highest BCUT2D eigenvalue weighted by Crippen LogP contribution is 2.11. The molecule has 0 radical (unpaired) electrons. The Morgan fingerprint density at radius 1 is 0.964 bits per heavy atom. The third-order valence-corrected chi connectivity index (χ3v) is 3.12. The summed E-state index contributed by atoms with van der Waals surface area (Å²) in [4.78, 5) is 43.0. The van der Waals surface area contributed by atoms with Crippen LogP contribution in [-0.2, 0) is 23.9 Å². The van der Waals surface area contributed by atoms with Crippen molar-refractivity contribution in [3.05, 3.63) is 37.6 Å². The molecule has 1 aliphatic heterocycles. The van der Waals surface area contributed by atoms with Crippen molar-refractivity contribution in [2.45, 2.75) is 45.9 Å². The molecule has 0 bridgehead atoms. The molecule has 1 rings (SSSR count). The van der Waals surface area contributed by atoms with Crippen LogP contribution in [0.5, 0.6) is 0 Å². The molecular weight excluding hydrogens is 364 g/mol. The SMILES string of the molecule is C=CC(=C)C.C=CNC(=O)C(=O)NC1CCC(NC(C)=O)OC1.CNC(C)=O. The number of rotatable bonds is 4. The van der Waals surface area contributed by atoms with Gasteiger partial charge in [-0.25, -0.2) is 0 Å². The smallest absolute Gasteiger partial charge is 0.313 e. The maximum absolute atomic E-state index is 11.4. The molecule has 0 spiro atoms. The molecule has 158 valence electrons. The Kier molecular flexibility index (Phi) is 15.8. The minimum absolute atomic E-state index is 0.00463. The van der Waals surface area contributed by atoms with Crippen LogP contribution in [0.15, 0.2) is 37.6 Å². The maximum Gasteiger partial charge on any atom is 0.313 e. The lowest BCUT2D eigenvalue weighted by molar-refractivity contribution is -0.140. The Balaban J connectivity index is 0. The number of ether oxygens (including phenoxy) is 1. The average Bonchev–Trinajstić information content (AvgIpc) is 2.64. The van der Waals surface area contributed by atoms with Crippen LogP contribution in [-0.4, -0.2) is 49.6 Å². The second-order valence-corrected chi connectivity index (χ2v) is 5.80. The van der Waals surface area contributed by atoms with E-state index in [0.29, 0.717) is 12.8 Å². The summed E-state index contributed by atoms with van der Waals surface area (Å²) in [5.41, 5.74) is 1.02. The summed E-state index contributed by atoms with van der Waals surface area (Å²) in [6, 6.07) is -0.224. The van der Waals surface area contributed by atoms with Gasteiger partial charge in [-0.15, -0.1) is 0 Å². The highest BCUT2D eigenvalue weighted by Gasteiger charge is 2.25. The van der Waals surface area contributed by atoms with Gasteiger partial charge in [0.15, 0.2) is 0 Å². The number of nitrogens with one attached hydrogen (secondary N) is 4. The van der Waals surface area contributed by atoms with E-state index in [1.165, 1.54) is 13.8 Å². The molecule has 9 heteroatoms. The summed E-state index contributed by atoms with van der Waals surface area (Å²) in [7, 11) is 1.60. The van der Waals surface area contributed by atoms with E-state index in [2.05, 4.69) is 41.0 Å². The zero-order valence-corrected chi connectivity index (χ0v) is 17.1. The van der Waals surface area contributed by atoms with Crippen LogP contribution in [0.2, 0.25) is 0 Å². The van der Waals surface area contributed by atoms with Gasteiger partial charge >= 0.3 is 11.8 Å². The molecule has 0 aliphatic carbocycles. The van der Waals surface area contributed by atoms with E-state index in [-0.39, 0.29) is 30.7 Å². The molecule has 2 atom stereocenters. The van der Waals surface area contributed by atoms with Crippen molar-refractivity contribution in [1.82, 2.24) is 21.3 Å². The molecule has 0 aromatic carbocycles. The van der Waals surface area contributed by atoms with Crippen LogP contribution in [0.4, 0.5) is 0 Å². The van der Waals surface area contributed by atoms with Crippen LogP contribution in [0.1, 0.15) is 33.6 Å². The van der Waals surface area contributed by atoms with Crippen LogP contribution in [0.25, 0.3) is 0 Å². The van der Waals surface area contributed by atoms with E-state index in [4.69, 9.17) is 4.74 Å². The third kappa shape index (κ3) is 16.5. The monoisotopic (exact) mass is 396 g/mol. The third-order valence-electron chi connectivity index (χ3n) is 3.12. The van der Waals surface area contributed by atoms with E-state index < -0.39 is 11.8 Å². The summed E-state index contributed by atoms with van der Waals surface area (Å²) >= 11 is 0. The second-order valence-electron chi connectivity index (χ2n) is 5.80. The summed E-state index contributed by atoms with van der Waals surface area (Å²) in [6.07, 6.45) is 3.77. The molecule has 28 heavy (non-hydrogen) atoms. The molecule has 1 saturated heterocycles. The summed E-state index contributed by atoms with van der Waals surface area (Å²) < 4.78 is 5.34. The van der Waals surface area contributed by atoms with E-state index >= 15 is 0 Å². The first-order valence-corrected chi connectivity index (χ1v) is 8.64. The summed E-state index contributed by atoms with van der Waals surface area (Å²) in [5, 5.41) is 9.75. The number of allylic oxidation sites excluding steroid dienone is 2. The maximum atomic E-state index is 11.4. The molecule has 4 amide bonds. The van der Waals surface area contributed by atoms with E-state index in [9.17, 15) is 19.2 Å².